The van der Waals surface area contributed by atoms with E-state index in [1.165, 1.54) is 38.5 Å². The zero-order chi connectivity index (χ0) is 14.1. The standard InChI is InChI=1S/C16H23N3O/c17-13-10-12(16(18)20)7-8-15(13)19-9-3-5-11-4-1-2-6-14(11)19/h7-8,10-11,14H,1-6,9,17H2,(H2,18,20)/t11-,14-/m1/s1. The molecule has 108 valence electrons. The summed E-state index contributed by atoms with van der Waals surface area (Å²) in [4.78, 5) is 13.7. The van der Waals surface area contributed by atoms with E-state index in [1.54, 1.807) is 12.1 Å². The lowest BCUT2D eigenvalue weighted by Crippen LogP contribution is -2.47. The highest BCUT2D eigenvalue weighted by molar-refractivity contribution is 5.95. The molecule has 2 atom stereocenters. The molecule has 4 N–H and O–H groups in total. The Morgan fingerprint density at radius 3 is 2.65 bits per heavy atom. The van der Waals surface area contributed by atoms with E-state index in [-0.39, 0.29) is 0 Å². The van der Waals surface area contributed by atoms with Crippen LogP contribution in [0.25, 0.3) is 0 Å². The van der Waals surface area contributed by atoms with Gasteiger partial charge in [-0.05, 0) is 49.8 Å². The summed E-state index contributed by atoms with van der Waals surface area (Å²) in [5, 5.41) is 0. The predicted molar refractivity (Wildman–Crippen MR) is 81.7 cm³/mol. The number of primary amides is 1. The molecule has 0 aromatic heterocycles. The topological polar surface area (TPSA) is 72.4 Å². The molecule has 0 spiro atoms. The minimum absolute atomic E-state index is 0.419. The molecule has 2 aliphatic rings. The zero-order valence-electron chi connectivity index (χ0n) is 11.8. The SMILES string of the molecule is NC(=O)c1ccc(N2CCC[C@H]3CCCC[C@H]32)c(N)c1. The summed E-state index contributed by atoms with van der Waals surface area (Å²) in [6.07, 6.45) is 7.88. The number of hydrogen-bond donors (Lipinski definition) is 2. The Balaban J connectivity index is 1.89. The van der Waals surface area contributed by atoms with Crippen molar-refractivity contribution in [2.45, 2.75) is 44.6 Å². The molecule has 1 saturated heterocycles. The van der Waals surface area contributed by atoms with Crippen LogP contribution in [0.3, 0.4) is 0 Å². The van der Waals surface area contributed by atoms with Gasteiger partial charge in [0, 0.05) is 18.2 Å². The van der Waals surface area contributed by atoms with Crippen molar-refractivity contribution in [2.75, 3.05) is 17.2 Å². The molecule has 1 aliphatic carbocycles. The number of amides is 1. The summed E-state index contributed by atoms with van der Waals surface area (Å²) < 4.78 is 0. The van der Waals surface area contributed by atoms with E-state index < -0.39 is 5.91 Å². The quantitative estimate of drug-likeness (QED) is 0.813. The Bertz CT molecular complexity index is 512. The summed E-state index contributed by atoms with van der Waals surface area (Å²) in [6, 6.07) is 6.09. The minimum atomic E-state index is -0.419. The Morgan fingerprint density at radius 2 is 1.90 bits per heavy atom. The molecule has 0 unspecified atom stereocenters. The first-order valence-electron chi connectivity index (χ1n) is 7.63. The van der Waals surface area contributed by atoms with E-state index in [1.807, 2.05) is 6.07 Å². The molecule has 1 saturated carbocycles. The summed E-state index contributed by atoms with van der Waals surface area (Å²) in [5.41, 5.74) is 13.7. The van der Waals surface area contributed by atoms with E-state index in [0.29, 0.717) is 17.3 Å². The number of piperidine rings is 1. The highest BCUT2D eigenvalue weighted by atomic mass is 16.1. The van der Waals surface area contributed by atoms with Gasteiger partial charge in [0.1, 0.15) is 0 Å². The molecule has 0 radical (unpaired) electrons. The van der Waals surface area contributed by atoms with Crippen LogP contribution in [-0.2, 0) is 0 Å². The maximum Gasteiger partial charge on any atom is 0.248 e. The van der Waals surface area contributed by atoms with E-state index in [2.05, 4.69) is 4.90 Å². The molecular weight excluding hydrogens is 250 g/mol. The van der Waals surface area contributed by atoms with Crippen molar-refractivity contribution in [1.29, 1.82) is 0 Å². The third kappa shape index (κ3) is 2.35. The Hall–Kier alpha value is -1.71. The first-order valence-corrected chi connectivity index (χ1v) is 7.63. The van der Waals surface area contributed by atoms with Gasteiger partial charge in [-0.15, -0.1) is 0 Å². The zero-order valence-corrected chi connectivity index (χ0v) is 11.8. The molecular formula is C16H23N3O. The van der Waals surface area contributed by atoms with Crippen LogP contribution in [0.4, 0.5) is 11.4 Å². The third-order valence-electron chi connectivity index (χ3n) is 4.86. The van der Waals surface area contributed by atoms with Gasteiger partial charge in [0.25, 0.3) is 0 Å². The number of carbonyl (C=O) groups is 1. The molecule has 1 aromatic carbocycles. The molecule has 3 rings (SSSR count). The number of hydrogen-bond acceptors (Lipinski definition) is 3. The molecule has 0 bridgehead atoms. The molecule has 1 aromatic rings. The van der Waals surface area contributed by atoms with Crippen molar-refractivity contribution in [2.24, 2.45) is 11.7 Å². The van der Waals surface area contributed by atoms with Crippen LogP contribution >= 0.6 is 0 Å². The van der Waals surface area contributed by atoms with Crippen molar-refractivity contribution in [1.82, 2.24) is 0 Å². The van der Waals surface area contributed by atoms with E-state index in [4.69, 9.17) is 11.5 Å². The van der Waals surface area contributed by atoms with Crippen LogP contribution in [0.1, 0.15) is 48.9 Å². The van der Waals surface area contributed by atoms with Crippen molar-refractivity contribution >= 4 is 17.3 Å². The fourth-order valence-electron chi connectivity index (χ4n) is 3.89. The van der Waals surface area contributed by atoms with E-state index >= 15 is 0 Å². The normalized spacial score (nSPS) is 26.1. The Labute approximate surface area is 120 Å². The number of anilines is 2. The van der Waals surface area contributed by atoms with Crippen LogP contribution < -0.4 is 16.4 Å². The first kappa shape index (κ1) is 13.3. The largest absolute Gasteiger partial charge is 0.397 e. The molecule has 20 heavy (non-hydrogen) atoms. The van der Waals surface area contributed by atoms with Gasteiger partial charge in [-0.1, -0.05) is 12.8 Å². The molecule has 4 heteroatoms. The minimum Gasteiger partial charge on any atom is -0.397 e. The molecule has 1 amide bonds. The lowest BCUT2D eigenvalue weighted by atomic mass is 9.78. The van der Waals surface area contributed by atoms with Gasteiger partial charge in [-0.2, -0.15) is 0 Å². The molecule has 1 heterocycles. The highest BCUT2D eigenvalue weighted by Gasteiger charge is 2.33. The molecule has 1 aliphatic heterocycles. The van der Waals surface area contributed by atoms with Gasteiger partial charge in [-0.25, -0.2) is 0 Å². The highest BCUT2D eigenvalue weighted by Crippen LogP contribution is 2.39. The fraction of sp³-hybridized carbons (Fsp3) is 0.562. The second-order valence-electron chi connectivity index (χ2n) is 6.09. The first-order chi connectivity index (χ1) is 9.66. The lowest BCUT2D eigenvalue weighted by molar-refractivity contribution is 0.100. The molecule has 4 nitrogen and oxygen atoms in total. The van der Waals surface area contributed by atoms with E-state index in [0.717, 1.165) is 18.2 Å². The Morgan fingerprint density at radius 1 is 1.15 bits per heavy atom. The Kier molecular flexibility index (Phi) is 3.55. The van der Waals surface area contributed by atoms with Crippen molar-refractivity contribution in [3.63, 3.8) is 0 Å². The van der Waals surface area contributed by atoms with Crippen LogP contribution in [0.2, 0.25) is 0 Å². The predicted octanol–water partition coefficient (Wildman–Crippen LogP) is 2.53. The van der Waals surface area contributed by atoms with Crippen LogP contribution in [0, 0.1) is 5.92 Å². The second-order valence-corrected chi connectivity index (χ2v) is 6.09. The number of fused-ring (bicyclic) bond motifs is 1. The number of nitrogen functional groups attached to an aromatic ring is 1. The second kappa shape index (κ2) is 5.35. The van der Waals surface area contributed by atoms with Gasteiger partial charge < -0.3 is 16.4 Å². The average Bonchev–Trinajstić information content (AvgIpc) is 2.46. The van der Waals surface area contributed by atoms with Crippen LogP contribution in [-0.4, -0.2) is 18.5 Å². The number of carbonyl (C=O) groups excluding carboxylic acids is 1. The number of benzene rings is 1. The fourth-order valence-corrected chi connectivity index (χ4v) is 3.89. The van der Waals surface area contributed by atoms with Gasteiger partial charge >= 0.3 is 0 Å². The maximum atomic E-state index is 11.2. The van der Waals surface area contributed by atoms with E-state index in [9.17, 15) is 4.79 Å². The van der Waals surface area contributed by atoms with Crippen LogP contribution in [0.5, 0.6) is 0 Å². The number of nitrogens with two attached hydrogens (primary N) is 2. The molecule has 2 fully saturated rings. The van der Waals surface area contributed by atoms with Gasteiger partial charge in [0.05, 0.1) is 11.4 Å². The van der Waals surface area contributed by atoms with Gasteiger partial charge in [0.2, 0.25) is 5.91 Å². The number of nitrogens with zero attached hydrogens (tertiary/aromatic N) is 1. The summed E-state index contributed by atoms with van der Waals surface area (Å²) in [6.45, 7) is 1.07. The van der Waals surface area contributed by atoms with Crippen molar-refractivity contribution in [3.05, 3.63) is 23.8 Å². The van der Waals surface area contributed by atoms with Gasteiger partial charge in [0.15, 0.2) is 0 Å². The van der Waals surface area contributed by atoms with Gasteiger partial charge in [-0.3, -0.25) is 4.79 Å². The average molecular weight is 273 g/mol. The summed E-state index contributed by atoms with van der Waals surface area (Å²) in [5.74, 6) is 0.394. The maximum absolute atomic E-state index is 11.2. The summed E-state index contributed by atoms with van der Waals surface area (Å²) in [7, 11) is 0. The van der Waals surface area contributed by atoms with Crippen LogP contribution in [0.15, 0.2) is 18.2 Å². The summed E-state index contributed by atoms with van der Waals surface area (Å²) >= 11 is 0. The lowest BCUT2D eigenvalue weighted by Gasteiger charge is -2.45. The van der Waals surface area contributed by atoms with Crippen molar-refractivity contribution in [3.8, 4) is 0 Å². The smallest absolute Gasteiger partial charge is 0.248 e. The number of rotatable bonds is 2. The van der Waals surface area contributed by atoms with Crippen molar-refractivity contribution < 1.29 is 4.79 Å². The monoisotopic (exact) mass is 273 g/mol. The third-order valence-corrected chi connectivity index (χ3v) is 4.86.